The average Bonchev–Trinajstić information content (AvgIpc) is 2.84. The molecule has 2 heterocycles. The fraction of sp³-hybridized carbons (Fsp3) is 0.611. The average molecular weight is 330 g/mol. The third kappa shape index (κ3) is 2.23. The molecule has 0 amide bonds. The molecule has 0 bridgehead atoms. The zero-order valence-corrected chi connectivity index (χ0v) is 15.0. The van der Waals surface area contributed by atoms with Crippen molar-refractivity contribution in [2.24, 2.45) is 0 Å². The summed E-state index contributed by atoms with van der Waals surface area (Å²) < 4.78 is 29.0. The Morgan fingerprint density at radius 2 is 1.79 bits per heavy atom. The number of hydrogen-bond acceptors (Lipinski definition) is 3. The standard InChI is InChI=1S/C18H24BFN2O2/c1-11-21-16-14(20)9-12(10-15(16)22(11)13-7-6-8-13)19-23-17(2,3)18(4,5)24-19/h9-10,13H,6-8H2,1-5H3. The Balaban J connectivity index is 1.80. The highest BCUT2D eigenvalue weighted by molar-refractivity contribution is 6.62. The summed E-state index contributed by atoms with van der Waals surface area (Å²) in [6, 6.07) is 3.92. The third-order valence-corrected chi connectivity index (χ3v) is 5.91. The largest absolute Gasteiger partial charge is 0.495 e. The Hall–Kier alpha value is -1.40. The lowest BCUT2D eigenvalue weighted by atomic mass is 9.79. The summed E-state index contributed by atoms with van der Waals surface area (Å²) in [5, 5.41) is 0. The second-order valence-corrected chi connectivity index (χ2v) is 8.07. The fourth-order valence-electron chi connectivity index (χ4n) is 3.51. The summed E-state index contributed by atoms with van der Waals surface area (Å²) in [7, 11) is -0.557. The van der Waals surface area contributed by atoms with E-state index in [4.69, 9.17) is 9.31 Å². The molecule has 4 nitrogen and oxygen atoms in total. The molecular formula is C18H24BFN2O2. The van der Waals surface area contributed by atoms with E-state index in [1.807, 2.05) is 40.7 Å². The molecule has 1 saturated heterocycles. The molecule has 0 atom stereocenters. The van der Waals surface area contributed by atoms with Crippen molar-refractivity contribution in [3.8, 4) is 0 Å². The zero-order valence-electron chi connectivity index (χ0n) is 15.0. The third-order valence-electron chi connectivity index (χ3n) is 5.91. The van der Waals surface area contributed by atoms with Crippen molar-refractivity contribution in [3.05, 3.63) is 23.8 Å². The fourth-order valence-corrected chi connectivity index (χ4v) is 3.51. The van der Waals surface area contributed by atoms with E-state index >= 15 is 0 Å². The monoisotopic (exact) mass is 330 g/mol. The van der Waals surface area contributed by atoms with Crippen LogP contribution in [0.3, 0.4) is 0 Å². The van der Waals surface area contributed by atoms with Crippen LogP contribution in [0.1, 0.15) is 58.8 Å². The minimum atomic E-state index is -0.557. The maximum atomic E-state index is 14.7. The smallest absolute Gasteiger partial charge is 0.399 e. The summed E-state index contributed by atoms with van der Waals surface area (Å²) in [6.45, 7) is 9.97. The molecule has 6 heteroatoms. The molecule has 0 unspecified atom stereocenters. The van der Waals surface area contributed by atoms with E-state index in [0.717, 1.165) is 29.6 Å². The summed E-state index contributed by atoms with van der Waals surface area (Å²) in [5.74, 6) is 0.568. The first-order valence-electron chi connectivity index (χ1n) is 8.73. The van der Waals surface area contributed by atoms with Crippen LogP contribution in [0.2, 0.25) is 0 Å². The van der Waals surface area contributed by atoms with Gasteiger partial charge in [0.05, 0.1) is 16.7 Å². The minimum absolute atomic E-state index is 0.307. The number of hydrogen-bond donors (Lipinski definition) is 0. The van der Waals surface area contributed by atoms with Crippen LogP contribution in [0.4, 0.5) is 4.39 Å². The van der Waals surface area contributed by atoms with E-state index in [-0.39, 0.29) is 5.82 Å². The molecule has 0 radical (unpaired) electrons. The van der Waals surface area contributed by atoms with Crippen molar-refractivity contribution in [2.75, 3.05) is 0 Å². The number of aryl methyl sites for hydroxylation is 1. The topological polar surface area (TPSA) is 36.3 Å². The zero-order chi connectivity index (χ0) is 17.3. The molecule has 1 saturated carbocycles. The van der Waals surface area contributed by atoms with E-state index in [2.05, 4.69) is 9.55 Å². The number of halogens is 1. The maximum Gasteiger partial charge on any atom is 0.495 e. The Labute approximate surface area is 142 Å². The van der Waals surface area contributed by atoms with Crippen LogP contribution in [0.25, 0.3) is 11.0 Å². The molecule has 1 aliphatic carbocycles. The predicted octanol–water partition coefficient (Wildman–Crippen LogP) is 3.51. The summed E-state index contributed by atoms with van der Waals surface area (Å²) in [5.41, 5.74) is 1.14. The van der Waals surface area contributed by atoms with Crippen molar-refractivity contribution < 1.29 is 13.7 Å². The first kappa shape index (κ1) is 16.1. The molecule has 0 spiro atoms. The number of fused-ring (bicyclic) bond motifs is 1. The van der Waals surface area contributed by atoms with Gasteiger partial charge in [0, 0.05) is 6.04 Å². The molecule has 1 aromatic carbocycles. The lowest BCUT2D eigenvalue weighted by molar-refractivity contribution is 0.00578. The number of nitrogens with zero attached hydrogens (tertiary/aromatic N) is 2. The normalized spacial score (nSPS) is 23.0. The molecular weight excluding hydrogens is 306 g/mol. The van der Waals surface area contributed by atoms with Gasteiger partial charge in [-0.25, -0.2) is 9.37 Å². The van der Waals surface area contributed by atoms with Crippen LogP contribution in [-0.4, -0.2) is 27.9 Å². The Morgan fingerprint density at radius 3 is 2.33 bits per heavy atom. The van der Waals surface area contributed by atoms with Gasteiger partial charge in [-0.15, -0.1) is 0 Å². The van der Waals surface area contributed by atoms with Gasteiger partial charge in [-0.2, -0.15) is 0 Å². The van der Waals surface area contributed by atoms with E-state index in [9.17, 15) is 4.39 Å². The van der Waals surface area contributed by atoms with Crippen molar-refractivity contribution in [2.45, 2.75) is 71.1 Å². The van der Waals surface area contributed by atoms with Gasteiger partial charge < -0.3 is 13.9 Å². The molecule has 1 aromatic heterocycles. The van der Waals surface area contributed by atoms with E-state index in [0.29, 0.717) is 11.6 Å². The van der Waals surface area contributed by atoms with Gasteiger partial charge in [-0.1, -0.05) is 0 Å². The van der Waals surface area contributed by atoms with Gasteiger partial charge in [0.15, 0.2) is 5.82 Å². The van der Waals surface area contributed by atoms with Crippen LogP contribution in [0.5, 0.6) is 0 Å². The quantitative estimate of drug-likeness (QED) is 0.791. The van der Waals surface area contributed by atoms with E-state index in [1.165, 1.54) is 12.5 Å². The lowest BCUT2D eigenvalue weighted by Gasteiger charge is -2.32. The van der Waals surface area contributed by atoms with Crippen molar-refractivity contribution >= 4 is 23.6 Å². The molecule has 2 aromatic rings. The van der Waals surface area contributed by atoms with Crippen molar-refractivity contribution in [3.63, 3.8) is 0 Å². The van der Waals surface area contributed by atoms with Gasteiger partial charge in [0.1, 0.15) is 11.3 Å². The van der Waals surface area contributed by atoms with Crippen LogP contribution in [0.15, 0.2) is 12.1 Å². The summed E-state index contributed by atoms with van der Waals surface area (Å²) in [4.78, 5) is 4.45. The molecule has 0 N–H and O–H groups in total. The van der Waals surface area contributed by atoms with Gasteiger partial charge in [0.2, 0.25) is 0 Å². The van der Waals surface area contributed by atoms with Gasteiger partial charge in [-0.3, -0.25) is 0 Å². The van der Waals surface area contributed by atoms with Crippen LogP contribution in [-0.2, 0) is 9.31 Å². The summed E-state index contributed by atoms with van der Waals surface area (Å²) >= 11 is 0. The maximum absolute atomic E-state index is 14.7. The highest BCUT2D eigenvalue weighted by atomic mass is 19.1. The molecule has 1 aliphatic heterocycles. The van der Waals surface area contributed by atoms with Crippen LogP contribution in [0, 0.1) is 12.7 Å². The highest BCUT2D eigenvalue weighted by Gasteiger charge is 2.52. The summed E-state index contributed by atoms with van der Waals surface area (Å²) in [6.07, 6.45) is 3.49. The van der Waals surface area contributed by atoms with Crippen LogP contribution < -0.4 is 5.46 Å². The van der Waals surface area contributed by atoms with Gasteiger partial charge in [-0.05, 0) is 71.5 Å². The van der Waals surface area contributed by atoms with Crippen LogP contribution >= 0.6 is 0 Å². The molecule has 24 heavy (non-hydrogen) atoms. The Kier molecular flexibility index (Phi) is 3.39. The second kappa shape index (κ2) is 5.05. The van der Waals surface area contributed by atoms with Gasteiger partial charge in [0.25, 0.3) is 0 Å². The molecule has 2 aliphatic rings. The van der Waals surface area contributed by atoms with E-state index < -0.39 is 18.3 Å². The van der Waals surface area contributed by atoms with Crippen molar-refractivity contribution in [1.29, 1.82) is 0 Å². The highest BCUT2D eigenvalue weighted by Crippen LogP contribution is 2.38. The van der Waals surface area contributed by atoms with E-state index in [1.54, 1.807) is 0 Å². The lowest BCUT2D eigenvalue weighted by Crippen LogP contribution is -2.41. The SMILES string of the molecule is Cc1nc2c(F)cc(B3OC(C)(C)C(C)(C)O3)cc2n1C1CCC1. The van der Waals surface area contributed by atoms with Gasteiger partial charge >= 0.3 is 7.12 Å². The first-order chi connectivity index (χ1) is 11.2. The number of imidazole rings is 1. The minimum Gasteiger partial charge on any atom is -0.399 e. The molecule has 4 rings (SSSR count). The first-order valence-corrected chi connectivity index (χ1v) is 8.73. The second-order valence-electron chi connectivity index (χ2n) is 8.07. The molecule has 2 fully saturated rings. The predicted molar refractivity (Wildman–Crippen MR) is 93.0 cm³/mol. The number of rotatable bonds is 2. The number of benzene rings is 1. The Bertz CT molecular complexity index is 795. The Morgan fingerprint density at radius 1 is 1.17 bits per heavy atom. The molecule has 128 valence electrons. The van der Waals surface area contributed by atoms with Crippen molar-refractivity contribution in [1.82, 2.24) is 9.55 Å². The number of aromatic nitrogens is 2.